The number of fused-ring (bicyclic) bond motifs is 1. The molecule has 1 heterocycles. The standard InChI is InChI=1S/C40H56O5/c1-28(17-13-18-30(3)21-22-35-36(5,6)23-32(41)25-38(35,9)44)15-11-12-16-29(2)19-14-20-31(4)34(43)27-40-37(7,8)24-33(42)26-39(40,10)45-40/h11-21,32-33,41-42,44H,23-27H2,1-10H3/b12-11+,17-13+,19-14+,28-15+,29-16+,30-18+,31-20+/t22?,32-,33?,38+,39?,40?/m0/s1. The lowest BCUT2D eigenvalue weighted by Gasteiger charge is -2.43. The van der Waals surface area contributed by atoms with Crippen LogP contribution < -0.4 is 0 Å². The number of ketones is 1. The van der Waals surface area contributed by atoms with Crippen molar-refractivity contribution in [1.29, 1.82) is 0 Å². The first-order valence-corrected chi connectivity index (χ1v) is 16.2. The van der Waals surface area contributed by atoms with Crippen LogP contribution in [0.3, 0.4) is 0 Å². The van der Waals surface area contributed by atoms with Gasteiger partial charge < -0.3 is 20.1 Å². The van der Waals surface area contributed by atoms with E-state index in [9.17, 15) is 20.1 Å². The second kappa shape index (κ2) is 13.9. The zero-order chi connectivity index (χ0) is 33.8. The number of ether oxygens (including phenoxy) is 1. The largest absolute Gasteiger partial charge is 0.393 e. The fraction of sp³-hybridized carbons (Fsp3) is 0.550. The average Bonchev–Trinajstić information content (AvgIpc) is 3.49. The van der Waals surface area contributed by atoms with Crippen LogP contribution in [0.25, 0.3) is 0 Å². The summed E-state index contributed by atoms with van der Waals surface area (Å²) in [5.41, 5.74) is 5.48. The Balaban J connectivity index is 1.53. The summed E-state index contributed by atoms with van der Waals surface area (Å²) in [6, 6.07) is 0. The van der Waals surface area contributed by atoms with Crippen molar-refractivity contribution < 1.29 is 24.9 Å². The molecule has 1 aliphatic heterocycles. The third kappa shape index (κ3) is 8.93. The lowest BCUT2D eigenvalue weighted by Crippen LogP contribution is -2.48. The monoisotopic (exact) mass is 616 g/mol. The van der Waals surface area contributed by atoms with Crippen molar-refractivity contribution in [3.63, 3.8) is 0 Å². The van der Waals surface area contributed by atoms with Crippen LogP contribution in [0.2, 0.25) is 0 Å². The number of carbonyl (C=O) groups is 1. The quantitative estimate of drug-likeness (QED) is 0.0998. The van der Waals surface area contributed by atoms with Crippen molar-refractivity contribution in [3.8, 4) is 0 Å². The van der Waals surface area contributed by atoms with Gasteiger partial charge in [-0.25, -0.2) is 0 Å². The van der Waals surface area contributed by atoms with E-state index in [1.807, 2.05) is 115 Å². The smallest absolute Gasteiger partial charge is 0.161 e. The summed E-state index contributed by atoms with van der Waals surface area (Å²) in [5.74, 6) is 0.0863. The van der Waals surface area contributed by atoms with Gasteiger partial charge in [-0.1, -0.05) is 99.6 Å². The highest BCUT2D eigenvalue weighted by Gasteiger charge is 2.76. The Morgan fingerprint density at radius 2 is 1.31 bits per heavy atom. The minimum atomic E-state index is -1.07. The molecule has 0 bridgehead atoms. The molecule has 5 heteroatoms. The molecular weight excluding hydrogens is 560 g/mol. The molecule has 0 radical (unpaired) electrons. The first-order chi connectivity index (χ1) is 20.7. The number of Topliss-reactive ketones (excluding diaryl/α,β-unsaturated/α-hetero) is 1. The van der Waals surface area contributed by atoms with Gasteiger partial charge in [-0.3, -0.25) is 4.79 Å². The van der Waals surface area contributed by atoms with E-state index in [4.69, 9.17) is 4.74 Å². The van der Waals surface area contributed by atoms with Crippen molar-refractivity contribution in [2.45, 2.75) is 130 Å². The van der Waals surface area contributed by atoms with E-state index in [1.54, 1.807) is 6.92 Å². The minimum absolute atomic E-state index is 0.0863. The number of carbonyl (C=O) groups excluding carboxylic acids is 1. The Morgan fingerprint density at radius 3 is 1.87 bits per heavy atom. The van der Waals surface area contributed by atoms with E-state index in [1.165, 1.54) is 0 Å². The van der Waals surface area contributed by atoms with E-state index in [0.717, 1.165) is 22.3 Å². The topological polar surface area (TPSA) is 90.3 Å². The number of rotatable bonds is 10. The number of allylic oxidation sites excluding steroid dienone is 14. The maximum absolute atomic E-state index is 13.1. The molecule has 3 N–H and O–H groups in total. The molecular formula is C40H56O5. The Hall–Kier alpha value is -2.79. The van der Waals surface area contributed by atoms with E-state index in [0.29, 0.717) is 37.7 Å². The first kappa shape index (κ1) is 36.7. The molecule has 2 saturated carbocycles. The summed E-state index contributed by atoms with van der Waals surface area (Å²) in [4.78, 5) is 13.1. The summed E-state index contributed by atoms with van der Waals surface area (Å²) < 4.78 is 6.18. The highest BCUT2D eigenvalue weighted by molar-refractivity contribution is 5.96. The molecule has 3 unspecified atom stereocenters. The fourth-order valence-corrected chi connectivity index (χ4v) is 7.48. The van der Waals surface area contributed by atoms with Crippen LogP contribution >= 0.6 is 0 Å². The lowest BCUT2D eigenvalue weighted by atomic mass is 9.61. The Morgan fingerprint density at radius 1 is 0.778 bits per heavy atom. The molecule has 0 aromatic carbocycles. The molecule has 0 spiro atoms. The maximum Gasteiger partial charge on any atom is 0.161 e. The molecule has 1 saturated heterocycles. The van der Waals surface area contributed by atoms with E-state index in [2.05, 4.69) is 19.6 Å². The molecule has 3 fully saturated rings. The van der Waals surface area contributed by atoms with Crippen LogP contribution in [0.4, 0.5) is 0 Å². The predicted molar refractivity (Wildman–Crippen MR) is 185 cm³/mol. The van der Waals surface area contributed by atoms with Crippen molar-refractivity contribution in [2.75, 3.05) is 0 Å². The summed E-state index contributed by atoms with van der Waals surface area (Å²) in [7, 11) is 0. The Labute approximate surface area is 271 Å². The van der Waals surface area contributed by atoms with Crippen molar-refractivity contribution in [3.05, 3.63) is 100 Å². The molecule has 0 amide bonds. The van der Waals surface area contributed by atoms with Crippen molar-refractivity contribution in [2.24, 2.45) is 10.8 Å². The van der Waals surface area contributed by atoms with E-state index >= 15 is 0 Å². The van der Waals surface area contributed by atoms with Gasteiger partial charge in [-0.05, 0) is 82.4 Å². The van der Waals surface area contributed by atoms with Crippen LogP contribution in [0.5, 0.6) is 0 Å². The van der Waals surface area contributed by atoms with Gasteiger partial charge in [-0.2, -0.15) is 0 Å². The normalized spacial score (nSPS) is 33.9. The van der Waals surface area contributed by atoms with Crippen LogP contribution in [-0.2, 0) is 9.53 Å². The molecule has 0 aromatic rings. The van der Waals surface area contributed by atoms with E-state index < -0.39 is 22.9 Å². The second-order valence-electron chi connectivity index (χ2n) is 15.3. The lowest BCUT2D eigenvalue weighted by molar-refractivity contribution is -0.118. The van der Waals surface area contributed by atoms with E-state index in [-0.39, 0.29) is 22.7 Å². The van der Waals surface area contributed by atoms with Crippen LogP contribution in [0.15, 0.2) is 100 Å². The minimum Gasteiger partial charge on any atom is -0.393 e. The molecule has 5 nitrogen and oxygen atoms in total. The summed E-state index contributed by atoms with van der Waals surface area (Å²) >= 11 is 0. The fourth-order valence-electron chi connectivity index (χ4n) is 7.48. The average molecular weight is 617 g/mol. The third-order valence-corrected chi connectivity index (χ3v) is 9.82. The summed E-state index contributed by atoms with van der Waals surface area (Å²) in [5, 5.41) is 31.2. The van der Waals surface area contributed by atoms with Gasteiger partial charge in [0.15, 0.2) is 5.78 Å². The third-order valence-electron chi connectivity index (χ3n) is 9.82. The maximum atomic E-state index is 13.1. The Bertz CT molecular complexity index is 1400. The van der Waals surface area contributed by atoms with Gasteiger partial charge in [-0.15, -0.1) is 5.73 Å². The number of epoxide rings is 1. The number of hydrogen-bond donors (Lipinski definition) is 3. The molecule has 45 heavy (non-hydrogen) atoms. The molecule has 2 aliphatic carbocycles. The van der Waals surface area contributed by atoms with Gasteiger partial charge in [0.2, 0.25) is 0 Å². The first-order valence-electron chi connectivity index (χ1n) is 16.2. The van der Waals surface area contributed by atoms with Gasteiger partial charge in [0.1, 0.15) is 5.60 Å². The summed E-state index contributed by atoms with van der Waals surface area (Å²) in [6.07, 6.45) is 23.4. The molecule has 0 aromatic heterocycles. The number of aliphatic hydroxyl groups excluding tert-OH is 2. The highest BCUT2D eigenvalue weighted by Crippen LogP contribution is 2.67. The molecule has 3 rings (SSSR count). The second-order valence-corrected chi connectivity index (χ2v) is 15.3. The molecule has 246 valence electrons. The van der Waals surface area contributed by atoms with Gasteiger partial charge >= 0.3 is 0 Å². The zero-order valence-electron chi connectivity index (χ0n) is 29.2. The van der Waals surface area contributed by atoms with Crippen LogP contribution in [0.1, 0.15) is 101 Å². The summed E-state index contributed by atoms with van der Waals surface area (Å²) in [6.45, 7) is 20.0. The van der Waals surface area contributed by atoms with Crippen molar-refractivity contribution in [1.82, 2.24) is 0 Å². The van der Waals surface area contributed by atoms with Gasteiger partial charge in [0.05, 0.1) is 23.4 Å². The SMILES string of the molecule is C\C(C=C=C1C(C)(C)C[C@H](O)C[C@@]1(C)O)=C/C=C/C(C)=C/C=C/C=C(C)/C=C/C=C(\C)C(=O)CC12OC1(C)CC(O)CC2(C)C. The van der Waals surface area contributed by atoms with Crippen LogP contribution in [-0.4, -0.2) is 50.1 Å². The highest BCUT2D eigenvalue weighted by atomic mass is 16.6. The van der Waals surface area contributed by atoms with Crippen molar-refractivity contribution >= 4 is 5.78 Å². The molecule has 3 aliphatic rings. The van der Waals surface area contributed by atoms with Gasteiger partial charge in [0.25, 0.3) is 0 Å². The Kier molecular flexibility index (Phi) is 11.3. The zero-order valence-corrected chi connectivity index (χ0v) is 29.2. The van der Waals surface area contributed by atoms with Gasteiger partial charge in [0, 0.05) is 24.8 Å². The predicted octanol–water partition coefficient (Wildman–Crippen LogP) is 8.12. The van der Waals surface area contributed by atoms with Crippen LogP contribution in [0, 0.1) is 10.8 Å². The molecule has 5 atom stereocenters. The number of hydrogen-bond acceptors (Lipinski definition) is 5. The number of aliphatic hydroxyl groups is 3.